The molecule has 0 amide bonds. The Labute approximate surface area is 134 Å². The van der Waals surface area contributed by atoms with Crippen molar-refractivity contribution in [1.82, 2.24) is 0 Å². The van der Waals surface area contributed by atoms with Crippen molar-refractivity contribution >= 4 is 11.6 Å². The van der Waals surface area contributed by atoms with Crippen LogP contribution in [0, 0.1) is 23.2 Å². The van der Waals surface area contributed by atoms with E-state index in [9.17, 15) is 9.59 Å². The number of carbonyl (C=O) groups excluding carboxylic acids is 2. The predicted molar refractivity (Wildman–Crippen MR) is 89.8 cm³/mol. The van der Waals surface area contributed by atoms with Gasteiger partial charge in [0.15, 0.2) is 5.78 Å². The van der Waals surface area contributed by atoms with Gasteiger partial charge in [-0.3, -0.25) is 9.59 Å². The van der Waals surface area contributed by atoms with Gasteiger partial charge in [0, 0.05) is 22.8 Å². The summed E-state index contributed by atoms with van der Waals surface area (Å²) in [5, 5.41) is 0. The lowest BCUT2D eigenvalue weighted by Crippen LogP contribution is -2.27. The molecule has 0 saturated heterocycles. The molecule has 0 spiro atoms. The van der Waals surface area contributed by atoms with Crippen LogP contribution >= 0.6 is 0 Å². The predicted octanol–water partition coefficient (Wildman–Crippen LogP) is 4.93. The van der Waals surface area contributed by atoms with Crippen LogP contribution in [-0.4, -0.2) is 11.6 Å². The lowest BCUT2D eigenvalue weighted by Gasteiger charge is -2.26. The Bertz CT molecular complexity index is 528. The van der Waals surface area contributed by atoms with Gasteiger partial charge in [0.05, 0.1) is 0 Å². The summed E-state index contributed by atoms with van der Waals surface area (Å²) in [6.45, 7) is 8.05. The van der Waals surface area contributed by atoms with Crippen LogP contribution < -0.4 is 0 Å². The zero-order valence-corrected chi connectivity index (χ0v) is 14.3. The number of carbonyl (C=O) groups is 2. The van der Waals surface area contributed by atoms with Crippen molar-refractivity contribution in [3.8, 4) is 0 Å². The van der Waals surface area contributed by atoms with Crippen LogP contribution in [0.4, 0.5) is 0 Å². The zero-order chi connectivity index (χ0) is 16.3. The molecule has 1 fully saturated rings. The molecular formula is C20H28O2. The number of benzene rings is 1. The molecule has 1 saturated carbocycles. The molecule has 0 aromatic heterocycles. The smallest absolute Gasteiger partial charge is 0.168 e. The Morgan fingerprint density at radius 3 is 2.36 bits per heavy atom. The third-order valence-electron chi connectivity index (χ3n) is 4.96. The Hall–Kier alpha value is -1.44. The Balaban J connectivity index is 1.98. The largest absolute Gasteiger partial charge is 0.299 e. The molecule has 2 nitrogen and oxygen atoms in total. The van der Waals surface area contributed by atoms with Gasteiger partial charge in [0.25, 0.3) is 0 Å². The maximum Gasteiger partial charge on any atom is 0.168 e. The van der Waals surface area contributed by atoms with Crippen molar-refractivity contribution in [2.45, 2.75) is 53.4 Å². The van der Waals surface area contributed by atoms with E-state index in [0.29, 0.717) is 11.7 Å². The molecule has 0 bridgehead atoms. The molecular weight excluding hydrogens is 272 g/mol. The molecule has 1 aromatic rings. The van der Waals surface area contributed by atoms with E-state index in [1.807, 2.05) is 58.0 Å². The summed E-state index contributed by atoms with van der Waals surface area (Å²) in [7, 11) is 0. The molecule has 0 N–H and O–H groups in total. The first kappa shape index (κ1) is 16.9. The Morgan fingerprint density at radius 2 is 1.77 bits per heavy atom. The molecule has 0 radical (unpaired) electrons. The normalized spacial score (nSPS) is 22.0. The molecule has 2 rings (SSSR count). The molecule has 2 heteroatoms. The van der Waals surface area contributed by atoms with E-state index < -0.39 is 0 Å². The van der Waals surface area contributed by atoms with Crippen molar-refractivity contribution in [3.63, 3.8) is 0 Å². The highest BCUT2D eigenvalue weighted by Crippen LogP contribution is 2.41. The molecule has 1 aliphatic carbocycles. The number of rotatable bonds is 6. The minimum Gasteiger partial charge on any atom is -0.299 e. The third-order valence-corrected chi connectivity index (χ3v) is 4.96. The summed E-state index contributed by atoms with van der Waals surface area (Å²) in [4.78, 5) is 24.9. The molecule has 2 atom stereocenters. The first-order valence-electron chi connectivity index (χ1n) is 8.45. The van der Waals surface area contributed by atoms with Gasteiger partial charge in [-0.15, -0.1) is 0 Å². The second kappa shape index (κ2) is 6.76. The SMILES string of the molecule is CC(C)C(=O)C1CCC(CC(C)(C)C(=O)c2ccccc2)C1. The molecule has 0 aliphatic heterocycles. The average Bonchev–Trinajstić information content (AvgIpc) is 2.94. The van der Waals surface area contributed by atoms with Crippen molar-refractivity contribution in [1.29, 1.82) is 0 Å². The minimum atomic E-state index is -0.359. The van der Waals surface area contributed by atoms with E-state index in [0.717, 1.165) is 31.2 Å². The molecule has 0 heterocycles. The summed E-state index contributed by atoms with van der Waals surface area (Å²) in [5.41, 5.74) is 0.433. The van der Waals surface area contributed by atoms with Crippen LogP contribution in [-0.2, 0) is 4.79 Å². The number of hydrogen-bond acceptors (Lipinski definition) is 2. The molecule has 120 valence electrons. The van der Waals surface area contributed by atoms with Crippen molar-refractivity contribution in [2.75, 3.05) is 0 Å². The second-order valence-electron chi connectivity index (χ2n) is 7.72. The summed E-state index contributed by atoms with van der Waals surface area (Å²) in [5.74, 6) is 1.45. The van der Waals surface area contributed by atoms with Gasteiger partial charge in [0.1, 0.15) is 5.78 Å². The lowest BCUT2D eigenvalue weighted by molar-refractivity contribution is -0.125. The van der Waals surface area contributed by atoms with Crippen LogP contribution in [0.3, 0.4) is 0 Å². The number of Topliss-reactive ketones (excluding diaryl/α,β-unsaturated/α-hetero) is 2. The van der Waals surface area contributed by atoms with Crippen LogP contribution in [0.2, 0.25) is 0 Å². The Morgan fingerprint density at radius 1 is 1.14 bits per heavy atom. The molecule has 22 heavy (non-hydrogen) atoms. The summed E-state index contributed by atoms with van der Waals surface area (Å²) in [6, 6.07) is 9.54. The van der Waals surface area contributed by atoms with Crippen LogP contribution in [0.1, 0.15) is 63.7 Å². The van der Waals surface area contributed by atoms with E-state index in [-0.39, 0.29) is 23.0 Å². The summed E-state index contributed by atoms with van der Waals surface area (Å²) >= 11 is 0. The standard InChI is InChI=1S/C20H28O2/c1-14(2)18(21)17-11-10-15(12-17)13-20(3,4)19(22)16-8-6-5-7-9-16/h5-9,14-15,17H,10-13H2,1-4H3. The van der Waals surface area contributed by atoms with Crippen LogP contribution in [0.15, 0.2) is 30.3 Å². The van der Waals surface area contributed by atoms with Gasteiger partial charge in [-0.05, 0) is 31.6 Å². The third kappa shape index (κ3) is 3.85. The van der Waals surface area contributed by atoms with E-state index in [1.165, 1.54) is 0 Å². The van der Waals surface area contributed by atoms with Crippen LogP contribution in [0.25, 0.3) is 0 Å². The quantitative estimate of drug-likeness (QED) is 0.698. The molecule has 1 aliphatic rings. The maximum absolute atomic E-state index is 12.7. The van der Waals surface area contributed by atoms with E-state index in [1.54, 1.807) is 0 Å². The molecule has 2 unspecified atom stereocenters. The summed E-state index contributed by atoms with van der Waals surface area (Å²) < 4.78 is 0. The van der Waals surface area contributed by atoms with Gasteiger partial charge in [-0.2, -0.15) is 0 Å². The summed E-state index contributed by atoms with van der Waals surface area (Å²) in [6.07, 6.45) is 3.91. The van der Waals surface area contributed by atoms with Crippen molar-refractivity contribution < 1.29 is 9.59 Å². The monoisotopic (exact) mass is 300 g/mol. The highest BCUT2D eigenvalue weighted by Gasteiger charge is 2.37. The lowest BCUT2D eigenvalue weighted by atomic mass is 9.76. The van der Waals surface area contributed by atoms with Gasteiger partial charge in [-0.25, -0.2) is 0 Å². The number of hydrogen-bond donors (Lipinski definition) is 0. The zero-order valence-electron chi connectivity index (χ0n) is 14.3. The molecule has 1 aromatic carbocycles. The first-order chi connectivity index (χ1) is 10.3. The van der Waals surface area contributed by atoms with E-state index in [2.05, 4.69) is 0 Å². The maximum atomic E-state index is 12.7. The highest BCUT2D eigenvalue weighted by atomic mass is 16.1. The van der Waals surface area contributed by atoms with Crippen LogP contribution in [0.5, 0.6) is 0 Å². The first-order valence-corrected chi connectivity index (χ1v) is 8.45. The fourth-order valence-corrected chi connectivity index (χ4v) is 3.78. The van der Waals surface area contributed by atoms with E-state index >= 15 is 0 Å². The van der Waals surface area contributed by atoms with Gasteiger partial charge in [-0.1, -0.05) is 58.0 Å². The van der Waals surface area contributed by atoms with Crippen molar-refractivity contribution in [3.05, 3.63) is 35.9 Å². The van der Waals surface area contributed by atoms with E-state index in [4.69, 9.17) is 0 Å². The number of ketones is 2. The van der Waals surface area contributed by atoms with Crippen molar-refractivity contribution in [2.24, 2.45) is 23.2 Å². The van der Waals surface area contributed by atoms with Gasteiger partial charge >= 0.3 is 0 Å². The minimum absolute atomic E-state index is 0.128. The highest BCUT2D eigenvalue weighted by molar-refractivity contribution is 6.00. The average molecular weight is 300 g/mol. The fraction of sp³-hybridized carbons (Fsp3) is 0.600. The Kier molecular flexibility index (Phi) is 5.20. The van der Waals surface area contributed by atoms with Gasteiger partial charge in [0.2, 0.25) is 0 Å². The second-order valence-corrected chi connectivity index (χ2v) is 7.72. The fourth-order valence-electron chi connectivity index (χ4n) is 3.78. The topological polar surface area (TPSA) is 34.1 Å². The van der Waals surface area contributed by atoms with Gasteiger partial charge < -0.3 is 0 Å².